The fourth-order valence-electron chi connectivity index (χ4n) is 1.10. The van der Waals surface area contributed by atoms with Crippen molar-refractivity contribution in [1.29, 1.82) is 0 Å². The summed E-state index contributed by atoms with van der Waals surface area (Å²) in [6.45, 7) is 1.85. The Kier molecular flexibility index (Phi) is 4.76. The second-order valence-corrected chi connectivity index (χ2v) is 6.11. The molecule has 0 bridgehead atoms. The number of sulfonamides is 1. The Morgan fingerprint density at radius 3 is 2.59 bits per heavy atom. The van der Waals surface area contributed by atoms with Gasteiger partial charge in [-0.05, 0) is 41.6 Å². The van der Waals surface area contributed by atoms with Crippen LogP contribution < -0.4 is 5.14 Å². The number of nitrogens with two attached hydrogens (primary N) is 1. The number of ether oxygens (including phenoxy) is 1. The maximum Gasteiger partial charge on any atom is 0.338 e. The number of benzene rings is 1. The third kappa shape index (κ3) is 3.54. The molecule has 8 heteroatoms. The van der Waals surface area contributed by atoms with E-state index < -0.39 is 16.0 Å². The van der Waals surface area contributed by atoms with Crippen LogP contribution in [-0.2, 0) is 14.8 Å². The van der Waals surface area contributed by atoms with Gasteiger partial charge in [-0.1, -0.05) is 11.6 Å². The Bertz CT molecular complexity index is 558. The van der Waals surface area contributed by atoms with Crippen LogP contribution in [0.5, 0.6) is 0 Å². The summed E-state index contributed by atoms with van der Waals surface area (Å²) in [5.74, 6) is -0.619. The molecule has 17 heavy (non-hydrogen) atoms. The zero-order valence-corrected chi connectivity index (χ0v) is 12.5. The minimum atomic E-state index is -3.97. The van der Waals surface area contributed by atoms with Gasteiger partial charge in [-0.15, -0.1) is 0 Å². The highest BCUT2D eigenvalue weighted by molar-refractivity contribution is 14.1. The third-order valence-corrected chi connectivity index (χ3v) is 4.44. The van der Waals surface area contributed by atoms with Crippen LogP contribution in [-0.4, -0.2) is 21.0 Å². The predicted octanol–water partition coefficient (Wildman–Crippen LogP) is 1.77. The molecule has 0 fully saturated rings. The number of rotatable bonds is 3. The number of hydrogen-bond acceptors (Lipinski definition) is 4. The Balaban J connectivity index is 3.39. The van der Waals surface area contributed by atoms with E-state index in [-0.39, 0.29) is 22.1 Å². The lowest BCUT2D eigenvalue weighted by molar-refractivity contribution is 0.0526. The van der Waals surface area contributed by atoms with Gasteiger partial charge in [-0.25, -0.2) is 18.4 Å². The van der Waals surface area contributed by atoms with E-state index in [9.17, 15) is 13.2 Å². The number of hydrogen-bond donors (Lipinski definition) is 1. The van der Waals surface area contributed by atoms with Gasteiger partial charge in [-0.2, -0.15) is 0 Å². The highest BCUT2D eigenvalue weighted by Gasteiger charge is 2.19. The van der Waals surface area contributed by atoms with E-state index >= 15 is 0 Å². The molecule has 0 saturated heterocycles. The number of halogens is 2. The predicted molar refractivity (Wildman–Crippen MR) is 71.5 cm³/mol. The Hall–Kier alpha value is -0.380. The molecule has 1 aromatic rings. The van der Waals surface area contributed by atoms with Crippen molar-refractivity contribution in [2.75, 3.05) is 6.61 Å². The molecule has 0 radical (unpaired) electrons. The van der Waals surface area contributed by atoms with Gasteiger partial charge in [0.25, 0.3) is 0 Å². The number of esters is 1. The second kappa shape index (κ2) is 5.51. The molecule has 2 N–H and O–H groups in total. The quantitative estimate of drug-likeness (QED) is 0.630. The molecule has 1 aromatic carbocycles. The van der Waals surface area contributed by atoms with Crippen molar-refractivity contribution in [3.05, 3.63) is 26.3 Å². The summed E-state index contributed by atoms with van der Waals surface area (Å²) in [6, 6.07) is 2.55. The summed E-state index contributed by atoms with van der Waals surface area (Å²) < 4.78 is 27.7. The van der Waals surface area contributed by atoms with Crippen LogP contribution in [0.1, 0.15) is 17.3 Å². The van der Waals surface area contributed by atoms with Gasteiger partial charge in [0.05, 0.1) is 17.2 Å². The van der Waals surface area contributed by atoms with Crippen LogP contribution in [0.3, 0.4) is 0 Å². The molecule has 94 valence electrons. The van der Waals surface area contributed by atoms with Gasteiger partial charge in [0.1, 0.15) is 4.90 Å². The Morgan fingerprint density at radius 1 is 1.53 bits per heavy atom. The van der Waals surface area contributed by atoms with Crippen LogP contribution in [0.15, 0.2) is 17.0 Å². The van der Waals surface area contributed by atoms with Crippen molar-refractivity contribution in [2.45, 2.75) is 11.8 Å². The highest BCUT2D eigenvalue weighted by atomic mass is 127. The molecular weight excluding hydrogens is 381 g/mol. The summed E-state index contributed by atoms with van der Waals surface area (Å²) in [5.41, 5.74) is 0.102. The average Bonchev–Trinajstić information content (AvgIpc) is 2.20. The molecule has 0 spiro atoms. The normalized spacial score (nSPS) is 11.3. The molecule has 0 aliphatic heterocycles. The number of primary sulfonamides is 1. The van der Waals surface area contributed by atoms with Crippen LogP contribution >= 0.6 is 34.2 Å². The molecule has 0 saturated carbocycles. The lowest BCUT2D eigenvalue weighted by Gasteiger charge is -2.07. The highest BCUT2D eigenvalue weighted by Crippen LogP contribution is 2.28. The van der Waals surface area contributed by atoms with Gasteiger partial charge < -0.3 is 4.74 Å². The summed E-state index contributed by atoms with van der Waals surface area (Å²) in [6.07, 6.45) is 0. The molecular formula is C9H9ClINO4S. The van der Waals surface area contributed by atoms with Gasteiger partial charge in [0, 0.05) is 3.57 Å². The summed E-state index contributed by atoms with van der Waals surface area (Å²) >= 11 is 7.63. The van der Waals surface area contributed by atoms with Crippen LogP contribution in [0.4, 0.5) is 0 Å². The molecule has 0 aromatic heterocycles. The van der Waals surface area contributed by atoms with E-state index in [4.69, 9.17) is 21.5 Å². The monoisotopic (exact) mass is 389 g/mol. The molecule has 0 aliphatic rings. The summed E-state index contributed by atoms with van der Waals surface area (Å²) in [4.78, 5) is 11.2. The maximum atomic E-state index is 11.5. The summed E-state index contributed by atoms with van der Waals surface area (Å²) in [7, 11) is -3.97. The van der Waals surface area contributed by atoms with Gasteiger partial charge in [-0.3, -0.25) is 0 Å². The van der Waals surface area contributed by atoms with Crippen molar-refractivity contribution < 1.29 is 17.9 Å². The first kappa shape index (κ1) is 14.7. The van der Waals surface area contributed by atoms with E-state index in [0.717, 1.165) is 6.07 Å². The standard InChI is InChI=1S/C9H9ClINO4S/c1-2-16-9(13)5-3-6(11)8(10)7(4-5)17(12,14)15/h3-4H,2H2,1H3,(H2,12,14,15). The lowest BCUT2D eigenvalue weighted by atomic mass is 10.2. The van der Waals surface area contributed by atoms with Crippen LogP contribution in [0.2, 0.25) is 5.02 Å². The minimum Gasteiger partial charge on any atom is -0.462 e. The van der Waals surface area contributed by atoms with Crippen molar-refractivity contribution in [3.8, 4) is 0 Å². The fourth-order valence-corrected chi connectivity index (χ4v) is 2.99. The Morgan fingerprint density at radius 2 is 2.12 bits per heavy atom. The number of carbonyl (C=O) groups is 1. The molecule has 0 unspecified atom stereocenters. The van der Waals surface area contributed by atoms with Crippen molar-refractivity contribution in [1.82, 2.24) is 0 Å². The van der Waals surface area contributed by atoms with Crippen molar-refractivity contribution >= 4 is 50.2 Å². The molecule has 5 nitrogen and oxygen atoms in total. The van der Waals surface area contributed by atoms with E-state index in [2.05, 4.69) is 0 Å². The molecule has 0 atom stereocenters. The van der Waals surface area contributed by atoms with Gasteiger partial charge in [0.2, 0.25) is 10.0 Å². The zero-order chi connectivity index (χ0) is 13.2. The van der Waals surface area contributed by atoms with E-state index in [0.29, 0.717) is 3.57 Å². The lowest BCUT2D eigenvalue weighted by Crippen LogP contribution is -2.15. The Labute approximate surface area is 117 Å². The number of carbonyl (C=O) groups excluding carboxylic acids is 1. The maximum absolute atomic E-state index is 11.5. The van der Waals surface area contributed by atoms with E-state index in [1.165, 1.54) is 6.07 Å². The van der Waals surface area contributed by atoms with Crippen LogP contribution in [0, 0.1) is 3.57 Å². The summed E-state index contributed by atoms with van der Waals surface area (Å²) in [5, 5.41) is 5.00. The zero-order valence-electron chi connectivity index (χ0n) is 8.74. The van der Waals surface area contributed by atoms with Crippen molar-refractivity contribution in [3.63, 3.8) is 0 Å². The topological polar surface area (TPSA) is 86.5 Å². The first-order valence-electron chi connectivity index (χ1n) is 4.46. The van der Waals surface area contributed by atoms with Crippen LogP contribution in [0.25, 0.3) is 0 Å². The third-order valence-electron chi connectivity index (χ3n) is 1.81. The van der Waals surface area contributed by atoms with E-state index in [1.807, 2.05) is 22.6 Å². The largest absolute Gasteiger partial charge is 0.462 e. The molecule has 0 heterocycles. The molecule has 1 rings (SSSR count). The average molecular weight is 390 g/mol. The SMILES string of the molecule is CCOC(=O)c1cc(I)c(Cl)c(S(N)(=O)=O)c1. The first-order chi connectivity index (χ1) is 7.77. The molecule has 0 aliphatic carbocycles. The first-order valence-corrected chi connectivity index (χ1v) is 7.46. The van der Waals surface area contributed by atoms with Gasteiger partial charge >= 0.3 is 5.97 Å². The molecule has 0 amide bonds. The smallest absolute Gasteiger partial charge is 0.338 e. The fraction of sp³-hybridized carbons (Fsp3) is 0.222. The van der Waals surface area contributed by atoms with Gasteiger partial charge in [0.15, 0.2) is 0 Å². The van der Waals surface area contributed by atoms with E-state index in [1.54, 1.807) is 6.92 Å². The minimum absolute atomic E-state index is 0.00106. The second-order valence-electron chi connectivity index (χ2n) is 3.04. The van der Waals surface area contributed by atoms with Crippen molar-refractivity contribution in [2.24, 2.45) is 5.14 Å².